The highest BCUT2D eigenvalue weighted by Gasteiger charge is 2.14. The number of hydrogen-bond donors (Lipinski definition) is 2. The average molecular weight is 209 g/mol. The molecule has 0 aliphatic heterocycles. The number of nitrogens with two attached hydrogens (primary N) is 1. The monoisotopic (exact) mass is 209 g/mol. The fourth-order valence-corrected chi connectivity index (χ4v) is 1.55. The van der Waals surface area contributed by atoms with E-state index in [1.807, 2.05) is 32.0 Å². The topological polar surface area (TPSA) is 62.4 Å². The van der Waals surface area contributed by atoms with Crippen molar-refractivity contribution in [3.05, 3.63) is 23.4 Å². The smallest absolute Gasteiger partial charge is 0.129 e. The number of hydrogen-bond acceptors (Lipinski definition) is 4. The highest BCUT2D eigenvalue weighted by Crippen LogP contribution is 2.24. The first-order chi connectivity index (χ1) is 7.02. The van der Waals surface area contributed by atoms with Crippen molar-refractivity contribution in [2.45, 2.75) is 19.4 Å². The van der Waals surface area contributed by atoms with E-state index in [0.29, 0.717) is 12.2 Å². The van der Waals surface area contributed by atoms with E-state index in [1.165, 1.54) is 0 Å². The lowest BCUT2D eigenvalue weighted by Crippen LogP contribution is -2.17. The Labute approximate surface area is 90.7 Å². The third-order valence-electron chi connectivity index (χ3n) is 2.42. The van der Waals surface area contributed by atoms with E-state index in [2.05, 4.69) is 4.98 Å². The molecule has 1 unspecified atom stereocenters. The summed E-state index contributed by atoms with van der Waals surface area (Å²) >= 11 is 0. The lowest BCUT2D eigenvalue weighted by molar-refractivity contribution is 0.154. The van der Waals surface area contributed by atoms with Crippen molar-refractivity contribution in [1.82, 2.24) is 9.88 Å². The van der Waals surface area contributed by atoms with E-state index in [-0.39, 0.29) is 0 Å². The molecule has 15 heavy (non-hydrogen) atoms. The van der Waals surface area contributed by atoms with Gasteiger partial charge in [0.25, 0.3) is 0 Å². The van der Waals surface area contributed by atoms with Crippen LogP contribution in [-0.4, -0.2) is 35.6 Å². The van der Waals surface area contributed by atoms with Gasteiger partial charge < -0.3 is 15.7 Å². The molecule has 4 nitrogen and oxygen atoms in total. The van der Waals surface area contributed by atoms with Gasteiger partial charge in [0.2, 0.25) is 0 Å². The Kier molecular flexibility index (Phi) is 4.05. The van der Waals surface area contributed by atoms with Crippen LogP contribution in [0.3, 0.4) is 0 Å². The zero-order valence-corrected chi connectivity index (χ0v) is 9.57. The maximum Gasteiger partial charge on any atom is 0.129 e. The van der Waals surface area contributed by atoms with Gasteiger partial charge in [0, 0.05) is 18.3 Å². The van der Waals surface area contributed by atoms with Crippen LogP contribution in [0.4, 0.5) is 5.82 Å². The highest BCUT2D eigenvalue weighted by molar-refractivity contribution is 5.45. The van der Waals surface area contributed by atoms with Crippen LogP contribution in [0.5, 0.6) is 0 Å². The zero-order valence-electron chi connectivity index (χ0n) is 9.57. The first kappa shape index (κ1) is 11.9. The Morgan fingerprint density at radius 3 is 2.73 bits per heavy atom. The maximum absolute atomic E-state index is 9.98. The van der Waals surface area contributed by atoms with Crippen LogP contribution >= 0.6 is 0 Å². The minimum absolute atomic E-state index is 0.432. The number of rotatable bonds is 4. The number of nitrogens with zero attached hydrogens (tertiary/aromatic N) is 2. The van der Waals surface area contributed by atoms with Crippen molar-refractivity contribution in [2.75, 3.05) is 26.4 Å². The summed E-state index contributed by atoms with van der Waals surface area (Å²) in [7, 11) is 3.96. The Morgan fingerprint density at radius 2 is 2.20 bits per heavy atom. The van der Waals surface area contributed by atoms with Crippen LogP contribution in [0.25, 0.3) is 0 Å². The summed E-state index contributed by atoms with van der Waals surface area (Å²) in [4.78, 5) is 6.03. The number of aliphatic hydroxyl groups is 1. The van der Waals surface area contributed by atoms with E-state index in [1.54, 1.807) is 6.20 Å². The minimum Gasteiger partial charge on any atom is -0.388 e. The number of nitrogen functional groups attached to an aromatic ring is 1. The van der Waals surface area contributed by atoms with Gasteiger partial charge in [0.05, 0.1) is 6.10 Å². The average Bonchev–Trinajstić information content (AvgIpc) is 2.14. The Bertz CT molecular complexity index is 305. The van der Waals surface area contributed by atoms with E-state index >= 15 is 0 Å². The van der Waals surface area contributed by atoms with Crippen LogP contribution < -0.4 is 5.73 Å². The molecule has 4 heteroatoms. The summed E-state index contributed by atoms with van der Waals surface area (Å²) in [5.41, 5.74) is 7.50. The molecular formula is C11H19N3O. The molecule has 0 saturated heterocycles. The first-order valence-corrected chi connectivity index (χ1v) is 5.06. The first-order valence-electron chi connectivity index (χ1n) is 5.06. The number of aryl methyl sites for hydroxylation is 1. The van der Waals surface area contributed by atoms with Gasteiger partial charge in [-0.3, -0.25) is 0 Å². The van der Waals surface area contributed by atoms with E-state index < -0.39 is 6.10 Å². The normalized spacial score (nSPS) is 13.1. The molecule has 1 aromatic heterocycles. The molecule has 0 aliphatic rings. The van der Waals surface area contributed by atoms with Crippen LogP contribution in [0.2, 0.25) is 0 Å². The third kappa shape index (κ3) is 3.18. The van der Waals surface area contributed by atoms with Gasteiger partial charge in [-0.1, -0.05) is 0 Å². The molecule has 1 atom stereocenters. The maximum atomic E-state index is 9.98. The molecule has 0 spiro atoms. The Morgan fingerprint density at radius 1 is 1.53 bits per heavy atom. The fraction of sp³-hybridized carbons (Fsp3) is 0.545. The van der Waals surface area contributed by atoms with Crippen molar-refractivity contribution >= 4 is 5.82 Å². The molecule has 0 fully saturated rings. The summed E-state index contributed by atoms with van der Waals surface area (Å²) in [6, 6.07) is 1.87. The molecule has 0 bridgehead atoms. The molecule has 0 saturated carbocycles. The third-order valence-corrected chi connectivity index (χ3v) is 2.42. The fourth-order valence-electron chi connectivity index (χ4n) is 1.55. The van der Waals surface area contributed by atoms with Gasteiger partial charge >= 0.3 is 0 Å². The van der Waals surface area contributed by atoms with Crippen molar-refractivity contribution < 1.29 is 5.11 Å². The van der Waals surface area contributed by atoms with Gasteiger partial charge in [0.1, 0.15) is 5.82 Å². The molecular weight excluding hydrogens is 190 g/mol. The van der Waals surface area contributed by atoms with Gasteiger partial charge in [-0.15, -0.1) is 0 Å². The molecule has 0 amide bonds. The number of pyridine rings is 1. The van der Waals surface area contributed by atoms with Gasteiger partial charge in [-0.2, -0.15) is 0 Å². The van der Waals surface area contributed by atoms with E-state index in [9.17, 15) is 5.11 Å². The van der Waals surface area contributed by atoms with E-state index in [4.69, 9.17) is 5.73 Å². The zero-order chi connectivity index (χ0) is 11.4. The quantitative estimate of drug-likeness (QED) is 0.775. The standard InChI is InChI=1S/C11H19N3O/c1-8-4-6-13-11(12)10(8)9(15)5-7-14(2)3/h4,6,9,15H,5,7H2,1-3H3,(H2,12,13). The predicted octanol–water partition coefficient (Wildman–Crippen LogP) is 0.957. The van der Waals surface area contributed by atoms with Crippen molar-refractivity contribution in [3.63, 3.8) is 0 Å². The van der Waals surface area contributed by atoms with E-state index in [0.717, 1.165) is 17.7 Å². The lowest BCUT2D eigenvalue weighted by Gasteiger charge is -2.17. The largest absolute Gasteiger partial charge is 0.388 e. The summed E-state index contributed by atoms with van der Waals surface area (Å²) in [6.45, 7) is 2.77. The van der Waals surface area contributed by atoms with Crippen LogP contribution in [0.15, 0.2) is 12.3 Å². The summed E-state index contributed by atoms with van der Waals surface area (Å²) in [5, 5.41) is 9.98. The second kappa shape index (κ2) is 5.09. The Balaban J connectivity index is 2.77. The van der Waals surface area contributed by atoms with Crippen LogP contribution in [-0.2, 0) is 0 Å². The van der Waals surface area contributed by atoms with Crippen molar-refractivity contribution in [3.8, 4) is 0 Å². The molecule has 0 radical (unpaired) electrons. The van der Waals surface area contributed by atoms with Gasteiger partial charge in [-0.25, -0.2) is 4.98 Å². The number of aromatic nitrogens is 1. The van der Waals surface area contributed by atoms with Crippen molar-refractivity contribution in [1.29, 1.82) is 0 Å². The summed E-state index contributed by atoms with van der Waals surface area (Å²) in [5.74, 6) is 0.432. The molecule has 84 valence electrons. The second-order valence-corrected chi connectivity index (χ2v) is 4.03. The molecule has 0 aliphatic carbocycles. The number of aliphatic hydroxyl groups excluding tert-OH is 1. The second-order valence-electron chi connectivity index (χ2n) is 4.03. The Hall–Kier alpha value is -1.13. The molecule has 0 aromatic carbocycles. The van der Waals surface area contributed by atoms with Crippen LogP contribution in [0, 0.1) is 6.92 Å². The van der Waals surface area contributed by atoms with Crippen molar-refractivity contribution in [2.24, 2.45) is 0 Å². The minimum atomic E-state index is -0.527. The molecule has 1 aromatic rings. The molecule has 1 rings (SSSR count). The highest BCUT2D eigenvalue weighted by atomic mass is 16.3. The SMILES string of the molecule is Cc1ccnc(N)c1C(O)CCN(C)C. The lowest BCUT2D eigenvalue weighted by atomic mass is 10.0. The summed E-state index contributed by atoms with van der Waals surface area (Å²) < 4.78 is 0. The van der Waals surface area contributed by atoms with Gasteiger partial charge in [0.15, 0.2) is 0 Å². The van der Waals surface area contributed by atoms with Crippen LogP contribution in [0.1, 0.15) is 23.7 Å². The summed E-state index contributed by atoms with van der Waals surface area (Å²) in [6.07, 6.45) is 1.80. The molecule has 1 heterocycles. The predicted molar refractivity (Wildman–Crippen MR) is 61.5 cm³/mol. The molecule has 3 N–H and O–H groups in total. The van der Waals surface area contributed by atoms with Gasteiger partial charge in [-0.05, 0) is 39.1 Å². The number of anilines is 1.